The molecule has 0 atom stereocenters. The molecule has 0 fully saturated rings. The molecule has 3 nitrogen and oxygen atoms in total. The topological polar surface area (TPSA) is 26.9 Å². The third kappa shape index (κ3) is 2.14. The average molecular weight is 314 g/mol. The summed E-state index contributed by atoms with van der Waals surface area (Å²) in [6, 6.07) is 10.1. The van der Waals surface area contributed by atoms with Crippen LogP contribution >= 0.6 is 22.6 Å². The van der Waals surface area contributed by atoms with Crippen molar-refractivity contribution in [3.05, 3.63) is 56.0 Å². The largest absolute Gasteiger partial charge is 0.285 e. The Balaban J connectivity index is 2.33. The summed E-state index contributed by atoms with van der Waals surface area (Å²) < 4.78 is 4.31. The Hall–Kier alpha value is -1.04. The summed E-state index contributed by atoms with van der Waals surface area (Å²) in [7, 11) is 1.79. The number of rotatable bonds is 2. The molecule has 0 amide bonds. The predicted octanol–water partition coefficient (Wildman–Crippen LogP) is 1.84. The summed E-state index contributed by atoms with van der Waals surface area (Å²) >= 11 is 2.06. The SMILES string of the molecule is Cn1c(=O)c(I)cn1Cc1ccccc1. The van der Waals surface area contributed by atoms with Crippen LogP contribution in [0.15, 0.2) is 41.3 Å². The van der Waals surface area contributed by atoms with Gasteiger partial charge in [-0.3, -0.25) is 14.2 Å². The lowest BCUT2D eigenvalue weighted by molar-refractivity contribution is 0.538. The molecule has 0 spiro atoms. The highest BCUT2D eigenvalue weighted by molar-refractivity contribution is 14.1. The van der Waals surface area contributed by atoms with Gasteiger partial charge in [0, 0.05) is 13.2 Å². The van der Waals surface area contributed by atoms with E-state index in [9.17, 15) is 4.79 Å². The van der Waals surface area contributed by atoms with Gasteiger partial charge < -0.3 is 0 Å². The second-order valence-corrected chi connectivity index (χ2v) is 4.55. The fraction of sp³-hybridized carbons (Fsp3) is 0.182. The van der Waals surface area contributed by atoms with Crippen LogP contribution in [0.3, 0.4) is 0 Å². The molecule has 0 aliphatic rings. The van der Waals surface area contributed by atoms with Gasteiger partial charge in [-0.15, -0.1) is 0 Å². The molecule has 78 valence electrons. The van der Waals surface area contributed by atoms with Crippen molar-refractivity contribution in [2.24, 2.45) is 7.05 Å². The van der Waals surface area contributed by atoms with Crippen molar-refractivity contribution in [3.8, 4) is 0 Å². The first-order valence-corrected chi connectivity index (χ1v) is 5.72. The minimum Gasteiger partial charge on any atom is -0.285 e. The van der Waals surface area contributed by atoms with Crippen molar-refractivity contribution in [1.29, 1.82) is 0 Å². The molecular weight excluding hydrogens is 303 g/mol. The van der Waals surface area contributed by atoms with E-state index < -0.39 is 0 Å². The molecule has 1 aromatic carbocycles. The number of aromatic nitrogens is 2. The van der Waals surface area contributed by atoms with Gasteiger partial charge >= 0.3 is 0 Å². The molecule has 1 aromatic heterocycles. The highest BCUT2D eigenvalue weighted by atomic mass is 127. The normalized spacial score (nSPS) is 10.5. The molecule has 0 radical (unpaired) electrons. The second kappa shape index (κ2) is 4.22. The van der Waals surface area contributed by atoms with Gasteiger partial charge in [0.25, 0.3) is 5.56 Å². The van der Waals surface area contributed by atoms with E-state index in [1.54, 1.807) is 11.7 Å². The second-order valence-electron chi connectivity index (χ2n) is 3.39. The highest BCUT2D eigenvalue weighted by Gasteiger charge is 2.04. The third-order valence-electron chi connectivity index (χ3n) is 2.33. The van der Waals surface area contributed by atoms with Crippen LogP contribution < -0.4 is 5.56 Å². The van der Waals surface area contributed by atoms with E-state index in [2.05, 4.69) is 34.7 Å². The van der Waals surface area contributed by atoms with E-state index in [0.29, 0.717) is 0 Å². The van der Waals surface area contributed by atoms with Gasteiger partial charge in [-0.2, -0.15) is 0 Å². The molecule has 0 saturated carbocycles. The van der Waals surface area contributed by atoms with Crippen molar-refractivity contribution >= 4 is 22.6 Å². The van der Waals surface area contributed by atoms with Gasteiger partial charge in [0.15, 0.2) is 0 Å². The highest BCUT2D eigenvalue weighted by Crippen LogP contribution is 2.04. The number of nitrogens with zero attached hydrogens (tertiary/aromatic N) is 2. The molecule has 1 heterocycles. The summed E-state index contributed by atoms with van der Waals surface area (Å²) in [5, 5.41) is 0. The number of hydrogen-bond donors (Lipinski definition) is 0. The molecule has 0 unspecified atom stereocenters. The first-order chi connectivity index (χ1) is 7.18. The van der Waals surface area contributed by atoms with E-state index in [1.165, 1.54) is 5.56 Å². The Labute approximate surface area is 101 Å². The zero-order valence-corrected chi connectivity index (χ0v) is 10.5. The Bertz CT molecular complexity index is 513. The van der Waals surface area contributed by atoms with Crippen LogP contribution in [-0.4, -0.2) is 9.36 Å². The maximum Gasteiger partial charge on any atom is 0.279 e. The van der Waals surface area contributed by atoms with Crippen molar-refractivity contribution < 1.29 is 0 Å². The lowest BCUT2D eigenvalue weighted by atomic mass is 10.2. The van der Waals surface area contributed by atoms with Gasteiger partial charge in [0.05, 0.1) is 10.1 Å². The van der Waals surface area contributed by atoms with Crippen molar-refractivity contribution in [2.45, 2.75) is 6.54 Å². The summed E-state index contributed by atoms with van der Waals surface area (Å²) in [4.78, 5) is 11.5. The first-order valence-electron chi connectivity index (χ1n) is 4.64. The van der Waals surface area contributed by atoms with Crippen LogP contribution in [0, 0.1) is 3.57 Å². The smallest absolute Gasteiger partial charge is 0.279 e. The fourth-order valence-corrected chi connectivity index (χ4v) is 2.14. The van der Waals surface area contributed by atoms with Gasteiger partial charge in [-0.1, -0.05) is 30.3 Å². The Morgan fingerprint density at radius 1 is 1.27 bits per heavy atom. The molecule has 2 aromatic rings. The molecule has 0 aliphatic heterocycles. The van der Waals surface area contributed by atoms with Crippen LogP contribution in [0.4, 0.5) is 0 Å². The minimum atomic E-state index is 0.0616. The molecule has 0 aliphatic carbocycles. The Morgan fingerprint density at radius 2 is 1.93 bits per heavy atom. The van der Waals surface area contributed by atoms with E-state index in [4.69, 9.17) is 0 Å². The zero-order valence-electron chi connectivity index (χ0n) is 8.35. The van der Waals surface area contributed by atoms with Crippen LogP contribution in [0.2, 0.25) is 0 Å². The van der Waals surface area contributed by atoms with E-state index >= 15 is 0 Å². The van der Waals surface area contributed by atoms with Gasteiger partial charge in [-0.25, -0.2) is 0 Å². The monoisotopic (exact) mass is 314 g/mol. The van der Waals surface area contributed by atoms with E-state index in [-0.39, 0.29) is 5.56 Å². The molecule has 2 rings (SSSR count). The zero-order chi connectivity index (χ0) is 10.8. The number of hydrogen-bond acceptors (Lipinski definition) is 1. The number of benzene rings is 1. The lowest BCUT2D eigenvalue weighted by Gasteiger charge is -2.06. The standard InChI is InChI=1S/C11H11IN2O/c1-13-11(15)10(12)8-14(13)7-9-5-3-2-4-6-9/h2-6,8H,7H2,1H3. The third-order valence-corrected chi connectivity index (χ3v) is 3.07. The quantitative estimate of drug-likeness (QED) is 0.777. The molecule has 0 N–H and O–H groups in total. The summed E-state index contributed by atoms with van der Waals surface area (Å²) in [6.07, 6.45) is 1.87. The van der Waals surface area contributed by atoms with Gasteiger partial charge in [0.2, 0.25) is 0 Å². The molecule has 4 heteroatoms. The maximum absolute atomic E-state index is 11.5. The maximum atomic E-state index is 11.5. The van der Waals surface area contributed by atoms with Gasteiger partial charge in [-0.05, 0) is 28.2 Å². The van der Waals surface area contributed by atoms with Crippen LogP contribution in [0.25, 0.3) is 0 Å². The number of halogens is 1. The Morgan fingerprint density at radius 3 is 2.47 bits per heavy atom. The molecular formula is C11H11IN2O. The van der Waals surface area contributed by atoms with Crippen molar-refractivity contribution in [3.63, 3.8) is 0 Å². The Kier molecular flexibility index (Phi) is 2.95. The summed E-state index contributed by atoms with van der Waals surface area (Å²) in [5.74, 6) is 0. The summed E-state index contributed by atoms with van der Waals surface area (Å²) in [6.45, 7) is 0.732. The van der Waals surface area contributed by atoms with Crippen LogP contribution in [0.1, 0.15) is 5.56 Å². The molecule has 0 saturated heterocycles. The van der Waals surface area contributed by atoms with Crippen LogP contribution in [-0.2, 0) is 13.6 Å². The first kappa shape index (κ1) is 10.5. The lowest BCUT2D eigenvalue weighted by Crippen LogP contribution is -2.20. The van der Waals surface area contributed by atoms with Crippen molar-refractivity contribution in [2.75, 3.05) is 0 Å². The minimum absolute atomic E-state index is 0.0616. The van der Waals surface area contributed by atoms with Crippen molar-refractivity contribution in [1.82, 2.24) is 9.36 Å². The van der Waals surface area contributed by atoms with Gasteiger partial charge in [0.1, 0.15) is 0 Å². The van der Waals surface area contributed by atoms with Crippen LogP contribution in [0.5, 0.6) is 0 Å². The van der Waals surface area contributed by atoms with E-state index in [0.717, 1.165) is 10.1 Å². The average Bonchev–Trinajstić information content (AvgIpc) is 2.48. The van der Waals surface area contributed by atoms with E-state index in [1.807, 2.05) is 29.1 Å². The summed E-state index contributed by atoms with van der Waals surface area (Å²) in [5.41, 5.74) is 1.26. The molecule has 15 heavy (non-hydrogen) atoms. The predicted molar refractivity (Wildman–Crippen MR) is 67.9 cm³/mol. The molecule has 0 bridgehead atoms. The fourth-order valence-electron chi connectivity index (χ4n) is 1.47.